The molecule has 1 atom stereocenters. The number of carbonyl (C=O) groups is 1. The van der Waals surface area contributed by atoms with E-state index in [1.54, 1.807) is 20.8 Å². The van der Waals surface area contributed by atoms with Gasteiger partial charge >= 0.3 is 5.97 Å². The molecule has 0 saturated carbocycles. The molecule has 2 aromatic rings. The lowest BCUT2D eigenvalue weighted by molar-refractivity contribution is 0.00647. The Bertz CT molecular complexity index is 689. The van der Waals surface area contributed by atoms with Gasteiger partial charge in [-0.1, -0.05) is 5.16 Å². The number of rotatable bonds is 3. The summed E-state index contributed by atoms with van der Waals surface area (Å²) in [6.07, 6.45) is -0.910. The van der Waals surface area contributed by atoms with Crippen molar-refractivity contribution in [1.82, 2.24) is 10.1 Å². The zero-order valence-electron chi connectivity index (χ0n) is 12.8. The van der Waals surface area contributed by atoms with E-state index in [-0.39, 0.29) is 17.3 Å². The van der Waals surface area contributed by atoms with Crippen LogP contribution in [0.1, 0.15) is 50.0 Å². The van der Waals surface area contributed by atoms with Crippen molar-refractivity contribution < 1.29 is 23.6 Å². The molecule has 1 N–H and O–H groups in total. The van der Waals surface area contributed by atoms with E-state index < -0.39 is 23.5 Å². The van der Waals surface area contributed by atoms with Crippen molar-refractivity contribution in [2.24, 2.45) is 0 Å². The first-order valence-corrected chi connectivity index (χ1v) is 6.72. The van der Waals surface area contributed by atoms with Gasteiger partial charge in [0.1, 0.15) is 17.5 Å². The minimum atomic E-state index is -0.910. The zero-order valence-corrected chi connectivity index (χ0v) is 12.8. The van der Waals surface area contributed by atoms with Gasteiger partial charge in [-0.25, -0.2) is 9.18 Å². The Morgan fingerprint density at radius 3 is 2.59 bits per heavy atom. The van der Waals surface area contributed by atoms with Crippen LogP contribution in [0.3, 0.4) is 0 Å². The van der Waals surface area contributed by atoms with E-state index in [1.165, 1.54) is 19.1 Å². The number of benzene rings is 1. The first kappa shape index (κ1) is 16.1. The summed E-state index contributed by atoms with van der Waals surface area (Å²) in [4.78, 5) is 15.8. The number of halogens is 1. The average Bonchev–Trinajstić information content (AvgIpc) is 2.85. The fourth-order valence-electron chi connectivity index (χ4n) is 1.67. The molecular formula is C15H17FN2O4. The maximum atomic E-state index is 14.1. The fraction of sp³-hybridized carbons (Fsp3) is 0.400. The van der Waals surface area contributed by atoms with E-state index in [4.69, 9.17) is 9.26 Å². The molecule has 1 aromatic carbocycles. The van der Waals surface area contributed by atoms with Crippen LogP contribution < -0.4 is 0 Å². The van der Waals surface area contributed by atoms with Gasteiger partial charge in [0.05, 0.1) is 5.56 Å². The molecule has 0 radical (unpaired) electrons. The van der Waals surface area contributed by atoms with Gasteiger partial charge in [-0.05, 0) is 45.9 Å². The number of hydrogen-bond acceptors (Lipinski definition) is 6. The Hall–Kier alpha value is -2.28. The smallest absolute Gasteiger partial charge is 0.341 e. The summed E-state index contributed by atoms with van der Waals surface area (Å²) in [6.45, 7) is 6.58. The van der Waals surface area contributed by atoms with Crippen molar-refractivity contribution >= 4 is 5.97 Å². The number of carbonyl (C=O) groups excluding carboxylic acids is 1. The van der Waals surface area contributed by atoms with Crippen molar-refractivity contribution in [3.05, 3.63) is 35.5 Å². The molecule has 0 unspecified atom stereocenters. The number of nitrogens with zero attached hydrogens (tertiary/aromatic N) is 2. The first-order valence-electron chi connectivity index (χ1n) is 6.72. The van der Waals surface area contributed by atoms with Crippen LogP contribution in [-0.4, -0.2) is 26.8 Å². The quantitative estimate of drug-likeness (QED) is 0.878. The maximum absolute atomic E-state index is 14.1. The van der Waals surface area contributed by atoms with E-state index in [1.807, 2.05) is 0 Å². The summed E-state index contributed by atoms with van der Waals surface area (Å²) in [5.41, 5.74) is -0.541. The molecule has 0 bridgehead atoms. The molecule has 118 valence electrons. The standard InChI is InChI=1S/C15H17FN2O4/c1-8(19)13-17-12(18-22-13)9-5-6-10(11(16)7-9)14(20)21-15(2,3)4/h5-8,19H,1-4H3/t8-/m0/s1. The SMILES string of the molecule is C[C@H](O)c1nc(-c2ccc(C(=O)OC(C)(C)C)c(F)c2)no1. The Morgan fingerprint density at radius 1 is 1.41 bits per heavy atom. The normalized spacial score (nSPS) is 13.0. The molecule has 0 aliphatic heterocycles. The molecule has 1 aromatic heterocycles. The Kier molecular flexibility index (Phi) is 4.27. The Morgan fingerprint density at radius 2 is 2.09 bits per heavy atom. The highest BCUT2D eigenvalue weighted by molar-refractivity contribution is 5.90. The summed E-state index contributed by atoms with van der Waals surface area (Å²) < 4.78 is 24.1. The van der Waals surface area contributed by atoms with Crippen molar-refractivity contribution in [3.8, 4) is 11.4 Å². The first-order chi connectivity index (χ1) is 10.2. The van der Waals surface area contributed by atoms with Gasteiger partial charge in [0.15, 0.2) is 0 Å². The van der Waals surface area contributed by atoms with Crippen LogP contribution in [0, 0.1) is 5.82 Å². The van der Waals surface area contributed by atoms with Gasteiger partial charge in [-0.3, -0.25) is 0 Å². The van der Waals surface area contributed by atoms with Crippen molar-refractivity contribution in [2.75, 3.05) is 0 Å². The third-order valence-electron chi connectivity index (χ3n) is 2.65. The third-order valence-corrected chi connectivity index (χ3v) is 2.65. The van der Waals surface area contributed by atoms with Gasteiger partial charge in [0.25, 0.3) is 5.89 Å². The molecule has 7 heteroatoms. The highest BCUT2D eigenvalue weighted by atomic mass is 19.1. The molecule has 6 nitrogen and oxygen atoms in total. The molecular weight excluding hydrogens is 291 g/mol. The molecule has 0 amide bonds. The summed E-state index contributed by atoms with van der Waals surface area (Å²) in [5, 5.41) is 13.0. The number of esters is 1. The summed E-state index contributed by atoms with van der Waals surface area (Å²) in [6, 6.07) is 3.91. The van der Waals surface area contributed by atoms with E-state index in [9.17, 15) is 14.3 Å². The van der Waals surface area contributed by atoms with E-state index >= 15 is 0 Å². The number of aliphatic hydroxyl groups excluding tert-OH is 1. The van der Waals surface area contributed by atoms with Crippen LogP contribution in [0.2, 0.25) is 0 Å². The van der Waals surface area contributed by atoms with Gasteiger partial charge in [0, 0.05) is 5.56 Å². The highest BCUT2D eigenvalue weighted by Crippen LogP contribution is 2.22. The Labute approximate surface area is 126 Å². The van der Waals surface area contributed by atoms with Crippen LogP contribution in [-0.2, 0) is 4.74 Å². The molecule has 0 fully saturated rings. The average molecular weight is 308 g/mol. The summed E-state index contributed by atoms with van der Waals surface area (Å²) in [5.74, 6) is -1.32. The van der Waals surface area contributed by atoms with Crippen molar-refractivity contribution in [2.45, 2.75) is 39.4 Å². The number of ether oxygens (including phenoxy) is 1. The topological polar surface area (TPSA) is 85.5 Å². The van der Waals surface area contributed by atoms with Crippen molar-refractivity contribution in [1.29, 1.82) is 0 Å². The monoisotopic (exact) mass is 308 g/mol. The molecule has 1 heterocycles. The lowest BCUT2D eigenvalue weighted by atomic mass is 10.1. The lowest BCUT2D eigenvalue weighted by Crippen LogP contribution is -2.24. The molecule has 22 heavy (non-hydrogen) atoms. The second kappa shape index (κ2) is 5.84. The van der Waals surface area contributed by atoms with Crippen molar-refractivity contribution in [3.63, 3.8) is 0 Å². The van der Waals surface area contributed by atoms with Crippen LogP contribution >= 0.6 is 0 Å². The predicted molar refractivity (Wildman–Crippen MR) is 75.5 cm³/mol. The van der Waals surface area contributed by atoms with Gasteiger partial charge in [0.2, 0.25) is 5.82 Å². The third kappa shape index (κ3) is 3.67. The minimum Gasteiger partial charge on any atom is -0.456 e. The van der Waals surface area contributed by atoms with Gasteiger partial charge < -0.3 is 14.4 Å². The highest BCUT2D eigenvalue weighted by Gasteiger charge is 2.22. The molecule has 0 aliphatic rings. The number of hydrogen-bond donors (Lipinski definition) is 1. The predicted octanol–water partition coefficient (Wildman–Crippen LogP) is 2.88. The fourth-order valence-corrected chi connectivity index (χ4v) is 1.67. The zero-order chi connectivity index (χ0) is 16.5. The molecule has 0 saturated heterocycles. The Balaban J connectivity index is 2.27. The minimum absolute atomic E-state index is 0.0339. The van der Waals surface area contributed by atoms with Crippen LogP contribution in [0.15, 0.2) is 22.7 Å². The van der Waals surface area contributed by atoms with Gasteiger partial charge in [-0.2, -0.15) is 4.98 Å². The second-order valence-electron chi connectivity index (χ2n) is 5.83. The number of aliphatic hydroxyl groups is 1. The molecule has 2 rings (SSSR count). The second-order valence-corrected chi connectivity index (χ2v) is 5.83. The van der Waals surface area contributed by atoms with E-state index in [0.29, 0.717) is 5.56 Å². The van der Waals surface area contributed by atoms with E-state index in [0.717, 1.165) is 6.07 Å². The van der Waals surface area contributed by atoms with Crippen LogP contribution in [0.5, 0.6) is 0 Å². The van der Waals surface area contributed by atoms with Crippen LogP contribution in [0.4, 0.5) is 4.39 Å². The lowest BCUT2D eigenvalue weighted by Gasteiger charge is -2.19. The van der Waals surface area contributed by atoms with Gasteiger partial charge in [-0.15, -0.1) is 0 Å². The molecule has 0 aliphatic carbocycles. The number of aromatic nitrogens is 2. The largest absolute Gasteiger partial charge is 0.456 e. The molecule has 0 spiro atoms. The maximum Gasteiger partial charge on any atom is 0.341 e. The summed E-state index contributed by atoms with van der Waals surface area (Å²) >= 11 is 0. The summed E-state index contributed by atoms with van der Waals surface area (Å²) in [7, 11) is 0. The van der Waals surface area contributed by atoms with Crippen LogP contribution in [0.25, 0.3) is 11.4 Å². The van der Waals surface area contributed by atoms with E-state index in [2.05, 4.69) is 10.1 Å².